The summed E-state index contributed by atoms with van der Waals surface area (Å²) in [6.45, 7) is 1.81. The summed E-state index contributed by atoms with van der Waals surface area (Å²) in [6.07, 6.45) is 0.645. The molecule has 1 aromatic carbocycles. The first-order valence-corrected chi connectivity index (χ1v) is 4.25. The Morgan fingerprint density at radius 3 is 2.57 bits per heavy atom. The van der Waals surface area contributed by atoms with Gasteiger partial charge in [0.1, 0.15) is 5.82 Å². The number of carbonyl (C=O) groups excluding carboxylic acids is 1. The molecule has 1 aromatic heterocycles. The summed E-state index contributed by atoms with van der Waals surface area (Å²) in [4.78, 5) is 14.5. The lowest BCUT2D eigenvalue weighted by Gasteiger charge is -2.00. The van der Waals surface area contributed by atoms with Crippen molar-refractivity contribution >= 4 is 6.29 Å². The third kappa shape index (κ3) is 1.42. The van der Waals surface area contributed by atoms with Crippen molar-refractivity contribution in [3.63, 3.8) is 0 Å². The van der Waals surface area contributed by atoms with E-state index >= 15 is 0 Å². The maximum Gasteiger partial charge on any atom is 0.214 e. The van der Waals surface area contributed by atoms with Gasteiger partial charge in [-0.25, -0.2) is 9.67 Å². The Balaban J connectivity index is 2.51. The topological polar surface area (TPSA) is 47.8 Å². The second kappa shape index (κ2) is 3.41. The molecule has 0 radical (unpaired) electrons. The number of carbonyl (C=O) groups is 1. The van der Waals surface area contributed by atoms with Crippen molar-refractivity contribution in [2.45, 2.75) is 6.92 Å². The molecule has 2 aromatic rings. The highest BCUT2D eigenvalue weighted by atomic mass is 16.1. The molecule has 1 heterocycles. The molecule has 0 saturated heterocycles. The van der Waals surface area contributed by atoms with E-state index in [1.165, 1.54) is 0 Å². The normalized spacial score (nSPS) is 10.1. The highest BCUT2D eigenvalue weighted by Gasteiger charge is 2.05. The van der Waals surface area contributed by atoms with E-state index in [9.17, 15) is 4.79 Å². The van der Waals surface area contributed by atoms with Crippen molar-refractivity contribution in [3.8, 4) is 5.69 Å². The number of benzene rings is 1. The zero-order valence-corrected chi connectivity index (χ0v) is 7.71. The number of hydrogen-bond acceptors (Lipinski definition) is 3. The van der Waals surface area contributed by atoms with E-state index in [1.54, 1.807) is 4.68 Å². The van der Waals surface area contributed by atoms with Gasteiger partial charge in [0.05, 0.1) is 5.69 Å². The third-order valence-electron chi connectivity index (χ3n) is 1.89. The Morgan fingerprint density at radius 1 is 1.29 bits per heavy atom. The molecule has 14 heavy (non-hydrogen) atoms. The lowest BCUT2D eigenvalue weighted by Crippen LogP contribution is -1.98. The number of aldehydes is 1. The van der Waals surface area contributed by atoms with Crippen LogP contribution in [-0.4, -0.2) is 21.1 Å². The van der Waals surface area contributed by atoms with Crippen LogP contribution in [0, 0.1) is 6.92 Å². The predicted molar refractivity (Wildman–Crippen MR) is 51.5 cm³/mol. The SMILES string of the molecule is Cc1nc(C=O)nn1-c1ccccc1. The van der Waals surface area contributed by atoms with Gasteiger partial charge in [-0.1, -0.05) is 18.2 Å². The summed E-state index contributed by atoms with van der Waals surface area (Å²) in [5, 5.41) is 4.04. The molecule has 4 nitrogen and oxygen atoms in total. The first kappa shape index (κ1) is 8.62. The lowest BCUT2D eigenvalue weighted by atomic mass is 10.3. The third-order valence-corrected chi connectivity index (χ3v) is 1.89. The molecule has 0 N–H and O–H groups in total. The molecule has 0 fully saturated rings. The van der Waals surface area contributed by atoms with Crippen LogP contribution < -0.4 is 0 Å². The molecule has 0 amide bonds. The Hall–Kier alpha value is -1.97. The van der Waals surface area contributed by atoms with Gasteiger partial charge in [0.15, 0.2) is 6.29 Å². The van der Waals surface area contributed by atoms with Gasteiger partial charge in [-0.05, 0) is 19.1 Å². The van der Waals surface area contributed by atoms with E-state index in [0.717, 1.165) is 5.69 Å². The quantitative estimate of drug-likeness (QED) is 0.667. The number of nitrogens with zero attached hydrogens (tertiary/aromatic N) is 3. The summed E-state index contributed by atoms with van der Waals surface area (Å²) in [5.41, 5.74) is 0.908. The largest absolute Gasteiger partial charge is 0.294 e. The van der Waals surface area contributed by atoms with Crippen molar-refractivity contribution in [1.82, 2.24) is 14.8 Å². The van der Waals surface area contributed by atoms with Gasteiger partial charge >= 0.3 is 0 Å². The van der Waals surface area contributed by atoms with Crippen LogP contribution >= 0.6 is 0 Å². The Bertz CT molecular complexity index is 448. The minimum atomic E-state index is 0.214. The van der Waals surface area contributed by atoms with E-state index in [4.69, 9.17) is 0 Å². The van der Waals surface area contributed by atoms with Crippen LogP contribution in [0.4, 0.5) is 0 Å². The van der Waals surface area contributed by atoms with Gasteiger partial charge in [-0.2, -0.15) is 0 Å². The van der Waals surface area contributed by atoms with Gasteiger partial charge in [0.25, 0.3) is 0 Å². The molecule has 4 heteroatoms. The van der Waals surface area contributed by atoms with Gasteiger partial charge in [0, 0.05) is 0 Å². The van der Waals surface area contributed by atoms with Crippen molar-refractivity contribution in [2.75, 3.05) is 0 Å². The number of para-hydroxylation sites is 1. The zero-order valence-electron chi connectivity index (χ0n) is 7.71. The summed E-state index contributed by atoms with van der Waals surface area (Å²) in [7, 11) is 0. The van der Waals surface area contributed by atoms with Crippen molar-refractivity contribution in [3.05, 3.63) is 42.0 Å². The lowest BCUT2D eigenvalue weighted by molar-refractivity contribution is 0.111. The van der Waals surface area contributed by atoms with Gasteiger partial charge in [-0.15, -0.1) is 5.10 Å². The van der Waals surface area contributed by atoms with E-state index in [2.05, 4.69) is 10.1 Å². The van der Waals surface area contributed by atoms with Crippen LogP contribution in [0.15, 0.2) is 30.3 Å². The smallest absolute Gasteiger partial charge is 0.214 e. The fourth-order valence-corrected chi connectivity index (χ4v) is 1.27. The fraction of sp³-hybridized carbons (Fsp3) is 0.100. The minimum absolute atomic E-state index is 0.214. The standard InChI is InChI=1S/C10H9N3O/c1-8-11-10(7-14)12-13(8)9-5-3-2-4-6-9/h2-7H,1H3. The van der Waals surface area contributed by atoms with E-state index in [0.29, 0.717) is 12.1 Å². The average molecular weight is 187 g/mol. The maximum absolute atomic E-state index is 10.5. The van der Waals surface area contributed by atoms with Crippen LogP contribution in [0.25, 0.3) is 5.69 Å². The van der Waals surface area contributed by atoms with Crippen LogP contribution in [0.2, 0.25) is 0 Å². The number of hydrogen-bond donors (Lipinski definition) is 0. The second-order valence-corrected chi connectivity index (χ2v) is 2.88. The van der Waals surface area contributed by atoms with Crippen molar-refractivity contribution in [1.29, 1.82) is 0 Å². The average Bonchev–Trinajstić information content (AvgIpc) is 2.61. The van der Waals surface area contributed by atoms with Crippen molar-refractivity contribution < 1.29 is 4.79 Å². The van der Waals surface area contributed by atoms with Crippen LogP contribution in [-0.2, 0) is 0 Å². The molecule has 0 aliphatic heterocycles. The Labute approximate surface area is 81.2 Å². The molecule has 0 bridgehead atoms. The Kier molecular flexibility index (Phi) is 2.10. The monoisotopic (exact) mass is 187 g/mol. The molecule has 2 rings (SSSR count). The molecule has 0 atom stereocenters. The molecule has 0 saturated carbocycles. The van der Waals surface area contributed by atoms with Gasteiger partial charge < -0.3 is 0 Å². The summed E-state index contributed by atoms with van der Waals surface area (Å²) in [6, 6.07) is 9.58. The second-order valence-electron chi connectivity index (χ2n) is 2.88. The summed E-state index contributed by atoms with van der Waals surface area (Å²) in [5.74, 6) is 0.921. The molecule has 0 aliphatic carbocycles. The first-order valence-electron chi connectivity index (χ1n) is 4.25. The van der Waals surface area contributed by atoms with E-state index < -0.39 is 0 Å². The predicted octanol–water partition coefficient (Wildman–Crippen LogP) is 1.39. The molecular weight excluding hydrogens is 178 g/mol. The van der Waals surface area contributed by atoms with Gasteiger partial charge in [0.2, 0.25) is 5.82 Å². The minimum Gasteiger partial charge on any atom is -0.294 e. The zero-order chi connectivity index (χ0) is 9.97. The Morgan fingerprint density at radius 2 is 2.00 bits per heavy atom. The molecule has 0 aliphatic rings. The highest BCUT2D eigenvalue weighted by molar-refractivity contribution is 5.68. The molecular formula is C10H9N3O. The summed E-state index contributed by atoms with van der Waals surface area (Å²) < 4.78 is 1.64. The fourth-order valence-electron chi connectivity index (χ4n) is 1.27. The van der Waals surface area contributed by atoms with Gasteiger partial charge in [-0.3, -0.25) is 4.79 Å². The van der Waals surface area contributed by atoms with Crippen LogP contribution in [0.1, 0.15) is 16.4 Å². The highest BCUT2D eigenvalue weighted by Crippen LogP contribution is 2.07. The maximum atomic E-state index is 10.5. The first-order chi connectivity index (χ1) is 6.81. The van der Waals surface area contributed by atoms with Crippen LogP contribution in [0.5, 0.6) is 0 Å². The van der Waals surface area contributed by atoms with E-state index in [-0.39, 0.29) is 5.82 Å². The molecule has 0 unspecified atom stereocenters. The molecule has 0 spiro atoms. The number of aryl methyl sites for hydroxylation is 1. The number of rotatable bonds is 2. The van der Waals surface area contributed by atoms with E-state index in [1.807, 2.05) is 37.3 Å². The summed E-state index contributed by atoms with van der Waals surface area (Å²) >= 11 is 0. The van der Waals surface area contributed by atoms with Crippen LogP contribution in [0.3, 0.4) is 0 Å². The molecule has 70 valence electrons. The van der Waals surface area contributed by atoms with Crippen molar-refractivity contribution in [2.24, 2.45) is 0 Å². The number of aromatic nitrogens is 3.